The van der Waals surface area contributed by atoms with Gasteiger partial charge in [0, 0.05) is 21.7 Å². The number of nitrogens with one attached hydrogen (secondary N) is 2. The molecule has 0 unspecified atom stereocenters. The molecule has 2 amide bonds. The van der Waals surface area contributed by atoms with Crippen molar-refractivity contribution in [3.63, 3.8) is 0 Å². The number of hydrogen-bond acceptors (Lipinski definition) is 2. The van der Waals surface area contributed by atoms with Gasteiger partial charge in [-0.05, 0) is 59.0 Å². The van der Waals surface area contributed by atoms with Gasteiger partial charge in [-0.3, -0.25) is 9.59 Å². The van der Waals surface area contributed by atoms with Crippen molar-refractivity contribution in [2.24, 2.45) is 0 Å². The van der Waals surface area contributed by atoms with Crippen LogP contribution in [0.5, 0.6) is 0 Å². The highest BCUT2D eigenvalue weighted by Crippen LogP contribution is 2.24. The molecule has 2 aromatic carbocycles. The summed E-state index contributed by atoms with van der Waals surface area (Å²) < 4.78 is 0.963. The van der Waals surface area contributed by atoms with E-state index in [1.807, 2.05) is 6.07 Å². The molecule has 4 nitrogen and oxygen atoms in total. The minimum atomic E-state index is -0.274. The lowest BCUT2D eigenvalue weighted by molar-refractivity contribution is 0.0961. The largest absolute Gasteiger partial charge is 0.355 e. The molecule has 0 saturated carbocycles. The molecule has 0 saturated heterocycles. The Balaban J connectivity index is 2.26. The van der Waals surface area contributed by atoms with Crippen LogP contribution in [0, 0.1) is 3.57 Å². The first-order chi connectivity index (χ1) is 10.0. The number of rotatable bonds is 3. The van der Waals surface area contributed by atoms with E-state index >= 15 is 0 Å². The lowest BCUT2D eigenvalue weighted by atomic mass is 10.1. The van der Waals surface area contributed by atoms with Crippen molar-refractivity contribution in [2.75, 3.05) is 12.4 Å². The normalized spacial score (nSPS) is 10.0. The van der Waals surface area contributed by atoms with Crippen LogP contribution >= 0.6 is 34.2 Å². The van der Waals surface area contributed by atoms with Crippen LogP contribution in [0.3, 0.4) is 0 Å². The number of halogens is 2. The topological polar surface area (TPSA) is 58.2 Å². The van der Waals surface area contributed by atoms with Crippen molar-refractivity contribution < 1.29 is 9.59 Å². The Morgan fingerprint density at radius 3 is 2.43 bits per heavy atom. The second-order valence-electron chi connectivity index (χ2n) is 4.24. The summed E-state index contributed by atoms with van der Waals surface area (Å²) in [4.78, 5) is 23.8. The molecule has 108 valence electrons. The van der Waals surface area contributed by atoms with Gasteiger partial charge in [-0.15, -0.1) is 0 Å². The van der Waals surface area contributed by atoms with E-state index < -0.39 is 0 Å². The minimum absolute atomic E-state index is 0.239. The average Bonchev–Trinajstić information content (AvgIpc) is 2.48. The zero-order chi connectivity index (χ0) is 15.4. The Bertz CT molecular complexity index is 704. The van der Waals surface area contributed by atoms with Crippen LogP contribution in [0.2, 0.25) is 5.02 Å². The van der Waals surface area contributed by atoms with Gasteiger partial charge in [0.15, 0.2) is 0 Å². The van der Waals surface area contributed by atoms with Gasteiger partial charge in [0.05, 0.1) is 10.7 Å². The monoisotopic (exact) mass is 414 g/mol. The third kappa shape index (κ3) is 3.95. The first-order valence-corrected chi connectivity index (χ1v) is 7.55. The van der Waals surface area contributed by atoms with E-state index in [-0.39, 0.29) is 11.8 Å². The van der Waals surface area contributed by atoms with Crippen LogP contribution in [-0.4, -0.2) is 18.9 Å². The Morgan fingerprint density at radius 1 is 1.05 bits per heavy atom. The SMILES string of the molecule is CNC(=O)c1ccc(Cl)c(NC(=O)c2cccc(I)c2)c1. The molecule has 0 heterocycles. The van der Waals surface area contributed by atoms with E-state index in [1.54, 1.807) is 43.4 Å². The van der Waals surface area contributed by atoms with Crippen LogP contribution in [-0.2, 0) is 0 Å². The summed E-state index contributed by atoms with van der Waals surface area (Å²) in [5, 5.41) is 5.62. The number of carbonyl (C=O) groups is 2. The Hall–Kier alpha value is -1.60. The zero-order valence-electron chi connectivity index (χ0n) is 11.1. The lowest BCUT2D eigenvalue weighted by Crippen LogP contribution is -2.18. The molecule has 0 fully saturated rings. The fourth-order valence-corrected chi connectivity index (χ4v) is 2.44. The van der Waals surface area contributed by atoms with Crippen LogP contribution in [0.15, 0.2) is 42.5 Å². The standard InChI is InChI=1S/C15H12ClIN2O2/c1-18-14(20)10-5-6-12(16)13(8-10)19-15(21)9-3-2-4-11(17)7-9/h2-8H,1H3,(H,18,20)(H,19,21). The summed E-state index contributed by atoms with van der Waals surface area (Å²) in [5.74, 6) is -0.513. The predicted molar refractivity (Wildman–Crippen MR) is 92.0 cm³/mol. The summed E-state index contributed by atoms with van der Waals surface area (Å²) >= 11 is 8.20. The van der Waals surface area contributed by atoms with Gasteiger partial charge in [0.25, 0.3) is 11.8 Å². The molecule has 2 rings (SSSR count). The third-order valence-corrected chi connectivity index (χ3v) is 3.79. The van der Waals surface area contributed by atoms with E-state index in [9.17, 15) is 9.59 Å². The molecule has 0 radical (unpaired) electrons. The molecule has 0 aromatic heterocycles. The first kappa shape index (κ1) is 15.8. The van der Waals surface area contributed by atoms with Crippen molar-refractivity contribution in [2.45, 2.75) is 0 Å². The molecular formula is C15H12ClIN2O2. The smallest absolute Gasteiger partial charge is 0.255 e. The van der Waals surface area contributed by atoms with Crippen LogP contribution < -0.4 is 10.6 Å². The number of carbonyl (C=O) groups excluding carboxylic acids is 2. The number of benzene rings is 2. The molecule has 0 aliphatic heterocycles. The van der Waals surface area contributed by atoms with Gasteiger partial charge < -0.3 is 10.6 Å². The Morgan fingerprint density at radius 2 is 1.76 bits per heavy atom. The molecule has 0 atom stereocenters. The molecule has 0 aliphatic rings. The molecule has 21 heavy (non-hydrogen) atoms. The van der Waals surface area contributed by atoms with Crippen molar-refractivity contribution in [3.05, 3.63) is 62.2 Å². The van der Waals surface area contributed by atoms with Crippen LogP contribution in [0.1, 0.15) is 20.7 Å². The molecule has 0 aliphatic carbocycles. The number of anilines is 1. The first-order valence-electron chi connectivity index (χ1n) is 6.10. The van der Waals surface area contributed by atoms with E-state index in [0.29, 0.717) is 21.8 Å². The average molecular weight is 415 g/mol. The molecule has 0 spiro atoms. The fourth-order valence-electron chi connectivity index (χ4n) is 1.73. The predicted octanol–water partition coefficient (Wildman–Crippen LogP) is 3.56. The molecule has 6 heteroatoms. The quantitative estimate of drug-likeness (QED) is 0.755. The lowest BCUT2D eigenvalue weighted by Gasteiger charge is -2.09. The molecular weight excluding hydrogens is 403 g/mol. The molecule has 2 aromatic rings. The van der Waals surface area contributed by atoms with Gasteiger partial charge in [-0.2, -0.15) is 0 Å². The summed E-state index contributed by atoms with van der Waals surface area (Å²) in [7, 11) is 1.54. The summed E-state index contributed by atoms with van der Waals surface area (Å²) in [5.41, 5.74) is 1.37. The Kier molecular flexibility index (Phi) is 5.19. The summed E-state index contributed by atoms with van der Waals surface area (Å²) in [6, 6.07) is 11.9. The zero-order valence-corrected chi connectivity index (χ0v) is 14.0. The van der Waals surface area contributed by atoms with Gasteiger partial charge in [-0.1, -0.05) is 17.7 Å². The van der Waals surface area contributed by atoms with Crippen molar-refractivity contribution in [3.8, 4) is 0 Å². The summed E-state index contributed by atoms with van der Waals surface area (Å²) in [6.07, 6.45) is 0. The maximum absolute atomic E-state index is 12.2. The maximum atomic E-state index is 12.2. The molecule has 0 bridgehead atoms. The van der Waals surface area contributed by atoms with E-state index in [0.717, 1.165) is 3.57 Å². The van der Waals surface area contributed by atoms with Gasteiger partial charge in [0.2, 0.25) is 0 Å². The number of amides is 2. The van der Waals surface area contributed by atoms with E-state index in [4.69, 9.17) is 11.6 Å². The molecule has 2 N–H and O–H groups in total. The fraction of sp³-hybridized carbons (Fsp3) is 0.0667. The highest BCUT2D eigenvalue weighted by molar-refractivity contribution is 14.1. The van der Waals surface area contributed by atoms with Crippen molar-refractivity contribution in [1.82, 2.24) is 5.32 Å². The van der Waals surface area contributed by atoms with E-state index in [1.165, 1.54) is 0 Å². The van der Waals surface area contributed by atoms with Gasteiger partial charge in [0.1, 0.15) is 0 Å². The van der Waals surface area contributed by atoms with Crippen LogP contribution in [0.25, 0.3) is 0 Å². The second kappa shape index (κ2) is 6.91. The third-order valence-electron chi connectivity index (χ3n) is 2.79. The Labute approximate surface area is 141 Å². The number of hydrogen-bond donors (Lipinski definition) is 2. The highest BCUT2D eigenvalue weighted by Gasteiger charge is 2.11. The second-order valence-corrected chi connectivity index (χ2v) is 5.89. The van der Waals surface area contributed by atoms with Gasteiger partial charge >= 0.3 is 0 Å². The summed E-state index contributed by atoms with van der Waals surface area (Å²) in [6.45, 7) is 0. The van der Waals surface area contributed by atoms with Crippen molar-refractivity contribution >= 4 is 51.7 Å². The highest BCUT2D eigenvalue weighted by atomic mass is 127. The van der Waals surface area contributed by atoms with Crippen molar-refractivity contribution in [1.29, 1.82) is 0 Å². The van der Waals surface area contributed by atoms with Gasteiger partial charge in [-0.25, -0.2) is 0 Å². The van der Waals surface area contributed by atoms with Crippen LogP contribution in [0.4, 0.5) is 5.69 Å². The maximum Gasteiger partial charge on any atom is 0.255 e. The minimum Gasteiger partial charge on any atom is -0.355 e. The van der Waals surface area contributed by atoms with E-state index in [2.05, 4.69) is 33.2 Å².